The van der Waals surface area contributed by atoms with E-state index in [9.17, 15) is 0 Å². The highest BCUT2D eigenvalue weighted by Gasteiger charge is 2.06. The molecule has 2 aromatic rings. The number of allylic oxidation sites excluding steroid dienone is 2. The first-order chi connectivity index (χ1) is 14.7. The first-order valence-electron chi connectivity index (χ1n) is 10.5. The molecule has 0 aliphatic carbocycles. The summed E-state index contributed by atoms with van der Waals surface area (Å²) < 4.78 is 22.7. The highest BCUT2D eigenvalue weighted by molar-refractivity contribution is 5.44. The molecule has 0 spiro atoms. The van der Waals surface area contributed by atoms with Gasteiger partial charge in [-0.2, -0.15) is 0 Å². The van der Waals surface area contributed by atoms with E-state index in [-0.39, 0.29) is 0 Å². The predicted molar refractivity (Wildman–Crippen MR) is 123 cm³/mol. The van der Waals surface area contributed by atoms with Crippen molar-refractivity contribution in [1.82, 2.24) is 0 Å². The van der Waals surface area contributed by atoms with E-state index < -0.39 is 0 Å². The van der Waals surface area contributed by atoms with Gasteiger partial charge in [0.2, 0.25) is 0 Å². The van der Waals surface area contributed by atoms with E-state index in [1.54, 1.807) is 14.2 Å². The maximum Gasteiger partial charge on any atom is 0.161 e. The molecule has 0 saturated carbocycles. The summed E-state index contributed by atoms with van der Waals surface area (Å²) in [6, 6.07) is 12.1. The van der Waals surface area contributed by atoms with Crippen molar-refractivity contribution in [2.75, 3.05) is 27.4 Å². The smallest absolute Gasteiger partial charge is 0.161 e. The molecule has 0 bridgehead atoms. The maximum absolute atomic E-state index is 5.89. The van der Waals surface area contributed by atoms with Gasteiger partial charge in [0.1, 0.15) is 0 Å². The van der Waals surface area contributed by atoms with Gasteiger partial charge in [0.25, 0.3) is 0 Å². The van der Waals surface area contributed by atoms with Crippen molar-refractivity contribution in [3.8, 4) is 23.0 Å². The van der Waals surface area contributed by atoms with E-state index in [2.05, 4.69) is 25.3 Å². The van der Waals surface area contributed by atoms with Gasteiger partial charge in [0.05, 0.1) is 27.4 Å². The highest BCUT2D eigenvalue weighted by Crippen LogP contribution is 2.29. The van der Waals surface area contributed by atoms with Gasteiger partial charge in [-0.05, 0) is 73.9 Å². The van der Waals surface area contributed by atoms with Crippen molar-refractivity contribution in [3.05, 3.63) is 72.8 Å². The number of rotatable bonds is 15. The molecule has 0 aliphatic heterocycles. The van der Waals surface area contributed by atoms with Crippen molar-refractivity contribution < 1.29 is 18.9 Å². The summed E-state index contributed by atoms with van der Waals surface area (Å²) in [5.74, 6) is 3.13. The largest absolute Gasteiger partial charge is 0.493 e. The number of methoxy groups -OCH3 is 2. The minimum absolute atomic E-state index is 0.677. The van der Waals surface area contributed by atoms with Gasteiger partial charge >= 0.3 is 0 Å². The van der Waals surface area contributed by atoms with Gasteiger partial charge in [0.15, 0.2) is 23.0 Å². The summed E-state index contributed by atoms with van der Waals surface area (Å²) in [7, 11) is 3.34. The van der Waals surface area contributed by atoms with Crippen LogP contribution in [0.3, 0.4) is 0 Å². The summed E-state index contributed by atoms with van der Waals surface area (Å²) in [6.45, 7) is 8.90. The first kappa shape index (κ1) is 23.4. The summed E-state index contributed by atoms with van der Waals surface area (Å²) in [5.41, 5.74) is 2.34. The zero-order chi connectivity index (χ0) is 21.6. The van der Waals surface area contributed by atoms with Crippen LogP contribution in [-0.2, 0) is 12.8 Å². The van der Waals surface area contributed by atoms with E-state index in [1.807, 2.05) is 36.4 Å². The lowest BCUT2D eigenvalue weighted by atomic mass is 10.1. The molecule has 162 valence electrons. The number of unbranched alkanes of at least 4 members (excludes halogenated alkanes) is 3. The minimum atomic E-state index is 0.677. The fourth-order valence-corrected chi connectivity index (χ4v) is 3.17. The van der Waals surface area contributed by atoms with Crippen LogP contribution < -0.4 is 18.9 Å². The van der Waals surface area contributed by atoms with Crippen LogP contribution in [0.2, 0.25) is 0 Å². The Kier molecular flexibility index (Phi) is 10.4. The molecule has 0 atom stereocenters. The molecule has 4 nitrogen and oxygen atoms in total. The van der Waals surface area contributed by atoms with Crippen LogP contribution in [0.1, 0.15) is 36.8 Å². The molecule has 0 aromatic heterocycles. The van der Waals surface area contributed by atoms with Gasteiger partial charge in [-0.1, -0.05) is 24.3 Å². The van der Waals surface area contributed by atoms with E-state index in [0.29, 0.717) is 13.2 Å². The fraction of sp³-hybridized carbons (Fsp3) is 0.385. The Bertz CT molecular complexity index is 730. The van der Waals surface area contributed by atoms with Crippen molar-refractivity contribution in [2.45, 2.75) is 38.5 Å². The molecule has 4 heteroatoms. The van der Waals surface area contributed by atoms with Crippen molar-refractivity contribution in [3.63, 3.8) is 0 Å². The topological polar surface area (TPSA) is 36.9 Å². The monoisotopic (exact) mass is 410 g/mol. The van der Waals surface area contributed by atoms with Gasteiger partial charge in [-0.15, -0.1) is 13.2 Å². The highest BCUT2D eigenvalue weighted by atomic mass is 16.5. The average Bonchev–Trinajstić information content (AvgIpc) is 2.77. The lowest BCUT2D eigenvalue weighted by Crippen LogP contribution is -2.02. The fourth-order valence-electron chi connectivity index (χ4n) is 3.17. The second kappa shape index (κ2) is 13.4. The molecule has 30 heavy (non-hydrogen) atoms. The Morgan fingerprint density at radius 1 is 0.633 bits per heavy atom. The van der Waals surface area contributed by atoms with Crippen LogP contribution in [0.15, 0.2) is 61.7 Å². The van der Waals surface area contributed by atoms with E-state index in [1.165, 1.54) is 11.1 Å². The summed E-state index contributed by atoms with van der Waals surface area (Å²) in [4.78, 5) is 0. The van der Waals surface area contributed by atoms with E-state index in [4.69, 9.17) is 18.9 Å². The standard InChI is InChI=1S/C26H34O4/c1-5-11-21-13-15-23(25(19-21)27-3)29-17-9-7-8-10-18-30-24-16-14-22(12-6-2)20-26(24)28-4/h5-6,13-16,19-20H,1-2,7-12,17-18H2,3-4H3. The third-order valence-corrected chi connectivity index (χ3v) is 4.77. The van der Waals surface area contributed by atoms with Crippen molar-refractivity contribution in [1.29, 1.82) is 0 Å². The summed E-state index contributed by atoms with van der Waals surface area (Å²) in [6.07, 6.45) is 9.59. The molecule has 2 rings (SSSR count). The molecule has 0 unspecified atom stereocenters. The van der Waals surface area contributed by atoms with Gasteiger partial charge < -0.3 is 18.9 Å². The lowest BCUT2D eigenvalue weighted by Gasteiger charge is -2.12. The number of ether oxygens (including phenoxy) is 4. The third kappa shape index (κ3) is 7.51. The summed E-state index contributed by atoms with van der Waals surface area (Å²) in [5, 5.41) is 0. The third-order valence-electron chi connectivity index (χ3n) is 4.77. The Labute approximate surface area is 181 Å². The van der Waals surface area contributed by atoms with Crippen LogP contribution >= 0.6 is 0 Å². The molecular formula is C26H34O4. The molecule has 0 radical (unpaired) electrons. The van der Waals surface area contributed by atoms with Crippen LogP contribution in [0, 0.1) is 0 Å². The Balaban J connectivity index is 1.65. The van der Waals surface area contributed by atoms with Crippen molar-refractivity contribution in [2.24, 2.45) is 0 Å². The van der Waals surface area contributed by atoms with Crippen LogP contribution in [0.4, 0.5) is 0 Å². The van der Waals surface area contributed by atoms with E-state index >= 15 is 0 Å². The van der Waals surface area contributed by atoms with Crippen molar-refractivity contribution >= 4 is 0 Å². The number of hydrogen-bond donors (Lipinski definition) is 0. The van der Waals surface area contributed by atoms with Crippen LogP contribution in [0.25, 0.3) is 0 Å². The molecular weight excluding hydrogens is 376 g/mol. The second-order valence-electron chi connectivity index (χ2n) is 7.07. The molecule has 0 heterocycles. The van der Waals surface area contributed by atoms with Crippen LogP contribution in [-0.4, -0.2) is 27.4 Å². The Morgan fingerprint density at radius 2 is 1.07 bits per heavy atom. The normalized spacial score (nSPS) is 10.3. The predicted octanol–water partition coefficient (Wildman–Crippen LogP) is 6.18. The zero-order valence-electron chi connectivity index (χ0n) is 18.3. The van der Waals surface area contributed by atoms with Crippen LogP contribution in [0.5, 0.6) is 23.0 Å². The zero-order valence-corrected chi connectivity index (χ0v) is 18.3. The SMILES string of the molecule is C=CCc1ccc(OCCCCCCOc2ccc(CC=C)cc2OC)c(OC)c1. The molecule has 2 aromatic carbocycles. The van der Waals surface area contributed by atoms with Gasteiger partial charge in [-0.25, -0.2) is 0 Å². The molecule has 0 aliphatic rings. The Hall–Kier alpha value is -2.88. The average molecular weight is 411 g/mol. The molecule has 0 saturated heterocycles. The summed E-state index contributed by atoms with van der Waals surface area (Å²) >= 11 is 0. The lowest BCUT2D eigenvalue weighted by molar-refractivity contribution is 0.271. The molecule has 0 N–H and O–H groups in total. The second-order valence-corrected chi connectivity index (χ2v) is 7.07. The van der Waals surface area contributed by atoms with E-state index in [0.717, 1.165) is 61.5 Å². The number of hydrogen-bond acceptors (Lipinski definition) is 4. The van der Waals surface area contributed by atoms with Gasteiger partial charge in [0, 0.05) is 0 Å². The maximum atomic E-state index is 5.89. The quantitative estimate of drug-likeness (QED) is 0.259. The molecule has 0 fully saturated rings. The molecule has 0 amide bonds. The first-order valence-corrected chi connectivity index (χ1v) is 10.5. The number of benzene rings is 2. The minimum Gasteiger partial charge on any atom is -0.493 e. The van der Waals surface area contributed by atoms with Gasteiger partial charge in [-0.3, -0.25) is 0 Å². The Morgan fingerprint density at radius 3 is 1.43 bits per heavy atom.